The number of barbiturate groups is 1. The highest BCUT2D eigenvalue weighted by atomic mass is 16.5. The molecule has 1 fully saturated rings. The number of nitrogens with zero attached hydrogens (tertiary/aromatic N) is 1. The van der Waals surface area contributed by atoms with Crippen LogP contribution in [0.1, 0.15) is 6.42 Å². The third-order valence-electron chi connectivity index (χ3n) is 2.64. The highest BCUT2D eigenvalue weighted by Crippen LogP contribution is 2.33. The topological polar surface area (TPSA) is 84.9 Å². The molecule has 0 bridgehead atoms. The number of carbonyl (C=O) groups is 3. The average molecular weight is 264 g/mol. The molecule has 0 saturated carbocycles. The average Bonchev–Trinajstić information content (AvgIpc) is 2.37. The lowest BCUT2D eigenvalue weighted by atomic mass is 10.2. The summed E-state index contributed by atoms with van der Waals surface area (Å²) in [7, 11) is 2.90. The number of rotatable bonds is 3. The Labute approximate surface area is 109 Å². The molecule has 0 spiro atoms. The van der Waals surface area contributed by atoms with Gasteiger partial charge in [-0.25, -0.2) is 9.69 Å². The van der Waals surface area contributed by atoms with Gasteiger partial charge in [-0.15, -0.1) is 0 Å². The predicted molar refractivity (Wildman–Crippen MR) is 65.2 cm³/mol. The van der Waals surface area contributed by atoms with E-state index in [0.29, 0.717) is 11.5 Å². The van der Waals surface area contributed by atoms with E-state index in [4.69, 9.17) is 9.47 Å². The highest BCUT2D eigenvalue weighted by molar-refractivity contribution is 6.26. The number of imide groups is 2. The molecule has 1 aromatic rings. The van der Waals surface area contributed by atoms with Crippen LogP contribution in [-0.4, -0.2) is 32.1 Å². The van der Waals surface area contributed by atoms with Crippen LogP contribution >= 0.6 is 0 Å². The van der Waals surface area contributed by atoms with Crippen LogP contribution in [0.5, 0.6) is 11.5 Å². The molecule has 1 aromatic carbocycles. The second-order valence-corrected chi connectivity index (χ2v) is 3.80. The Hall–Kier alpha value is -2.57. The zero-order valence-electron chi connectivity index (χ0n) is 10.4. The number of hydrogen-bond acceptors (Lipinski definition) is 5. The van der Waals surface area contributed by atoms with E-state index in [1.165, 1.54) is 20.3 Å². The molecule has 0 atom stereocenters. The maximum absolute atomic E-state index is 11.8. The van der Waals surface area contributed by atoms with Gasteiger partial charge in [0.05, 0.1) is 19.9 Å². The van der Waals surface area contributed by atoms with Crippen LogP contribution in [0.15, 0.2) is 18.2 Å². The van der Waals surface area contributed by atoms with Gasteiger partial charge < -0.3 is 9.47 Å². The van der Waals surface area contributed by atoms with Crippen molar-refractivity contribution in [2.24, 2.45) is 0 Å². The molecule has 1 heterocycles. The van der Waals surface area contributed by atoms with Crippen molar-refractivity contribution in [1.29, 1.82) is 0 Å². The molecule has 0 aliphatic carbocycles. The Morgan fingerprint density at radius 1 is 1.16 bits per heavy atom. The molecule has 7 nitrogen and oxygen atoms in total. The number of nitrogens with one attached hydrogen (secondary N) is 1. The summed E-state index contributed by atoms with van der Waals surface area (Å²) in [4.78, 5) is 35.5. The Bertz CT molecular complexity index is 535. The molecule has 0 radical (unpaired) electrons. The molecule has 1 saturated heterocycles. The number of anilines is 1. The summed E-state index contributed by atoms with van der Waals surface area (Å²) in [5.74, 6) is -0.380. The lowest BCUT2D eigenvalue weighted by molar-refractivity contribution is -0.128. The van der Waals surface area contributed by atoms with E-state index in [1.807, 2.05) is 0 Å². The molecule has 19 heavy (non-hydrogen) atoms. The minimum absolute atomic E-state index is 0.262. The highest BCUT2D eigenvalue weighted by Gasteiger charge is 2.33. The van der Waals surface area contributed by atoms with Crippen molar-refractivity contribution in [3.63, 3.8) is 0 Å². The Morgan fingerprint density at radius 3 is 2.47 bits per heavy atom. The third-order valence-corrected chi connectivity index (χ3v) is 2.64. The molecular formula is C12H12N2O5. The minimum atomic E-state index is -0.787. The summed E-state index contributed by atoms with van der Waals surface area (Å²) < 4.78 is 10.2. The van der Waals surface area contributed by atoms with Gasteiger partial charge in [-0.1, -0.05) is 0 Å². The number of urea groups is 1. The van der Waals surface area contributed by atoms with Gasteiger partial charge >= 0.3 is 6.03 Å². The summed E-state index contributed by atoms with van der Waals surface area (Å²) in [6, 6.07) is 3.87. The van der Waals surface area contributed by atoms with Crippen molar-refractivity contribution in [2.45, 2.75) is 6.42 Å². The van der Waals surface area contributed by atoms with E-state index in [0.717, 1.165) is 4.90 Å². The monoisotopic (exact) mass is 264 g/mol. The smallest absolute Gasteiger partial charge is 0.335 e. The van der Waals surface area contributed by atoms with Crippen LogP contribution in [-0.2, 0) is 9.59 Å². The summed E-state index contributed by atoms with van der Waals surface area (Å²) >= 11 is 0. The third kappa shape index (κ3) is 2.35. The van der Waals surface area contributed by atoms with E-state index < -0.39 is 17.8 Å². The molecule has 0 unspecified atom stereocenters. The van der Waals surface area contributed by atoms with Gasteiger partial charge in [0.1, 0.15) is 17.9 Å². The van der Waals surface area contributed by atoms with E-state index in [-0.39, 0.29) is 12.1 Å². The first-order valence-electron chi connectivity index (χ1n) is 5.45. The molecule has 0 aromatic heterocycles. The Morgan fingerprint density at radius 2 is 1.89 bits per heavy atom. The number of ether oxygens (including phenoxy) is 2. The van der Waals surface area contributed by atoms with Crippen LogP contribution in [0.25, 0.3) is 0 Å². The fourth-order valence-electron chi connectivity index (χ4n) is 1.76. The molecule has 1 aliphatic rings. The van der Waals surface area contributed by atoms with Gasteiger partial charge in [0.2, 0.25) is 11.8 Å². The zero-order chi connectivity index (χ0) is 14.0. The fraction of sp³-hybridized carbons (Fsp3) is 0.250. The van der Waals surface area contributed by atoms with Crippen LogP contribution in [0, 0.1) is 0 Å². The summed E-state index contributed by atoms with van der Waals surface area (Å²) in [6.07, 6.45) is -0.374. The van der Waals surface area contributed by atoms with Crippen LogP contribution in [0.4, 0.5) is 10.5 Å². The molecular weight excluding hydrogens is 252 g/mol. The van der Waals surface area contributed by atoms with Gasteiger partial charge in [0.15, 0.2) is 0 Å². The molecule has 100 valence electrons. The van der Waals surface area contributed by atoms with Gasteiger partial charge in [0, 0.05) is 6.07 Å². The van der Waals surface area contributed by atoms with E-state index in [2.05, 4.69) is 5.32 Å². The van der Waals surface area contributed by atoms with Crippen LogP contribution in [0.3, 0.4) is 0 Å². The van der Waals surface area contributed by atoms with Gasteiger partial charge in [0.25, 0.3) is 0 Å². The van der Waals surface area contributed by atoms with Gasteiger partial charge in [-0.3, -0.25) is 14.9 Å². The van der Waals surface area contributed by atoms with E-state index in [9.17, 15) is 14.4 Å². The number of hydrogen-bond donors (Lipinski definition) is 1. The second-order valence-electron chi connectivity index (χ2n) is 3.80. The van der Waals surface area contributed by atoms with Crippen molar-refractivity contribution < 1.29 is 23.9 Å². The summed E-state index contributed by atoms with van der Waals surface area (Å²) in [5, 5.41) is 2.08. The maximum Gasteiger partial charge on any atom is 0.335 e. The zero-order valence-corrected chi connectivity index (χ0v) is 10.4. The number of amides is 4. The largest absolute Gasteiger partial charge is 0.497 e. The van der Waals surface area contributed by atoms with Crippen LogP contribution < -0.4 is 19.7 Å². The number of carbonyl (C=O) groups excluding carboxylic acids is 3. The lowest BCUT2D eigenvalue weighted by Gasteiger charge is -2.26. The molecule has 1 aliphatic heterocycles. The molecule has 4 amide bonds. The fourth-order valence-corrected chi connectivity index (χ4v) is 1.76. The SMILES string of the molecule is COc1ccc(N2C(=O)CC(=O)NC2=O)c(OC)c1. The maximum atomic E-state index is 11.8. The van der Waals surface area contributed by atoms with Crippen LogP contribution in [0.2, 0.25) is 0 Å². The number of benzene rings is 1. The first kappa shape index (κ1) is 12.9. The molecule has 2 rings (SSSR count). The molecule has 1 N–H and O–H groups in total. The van der Waals surface area contributed by atoms with Crippen molar-refractivity contribution in [2.75, 3.05) is 19.1 Å². The van der Waals surface area contributed by atoms with Crippen molar-refractivity contribution in [3.8, 4) is 11.5 Å². The van der Waals surface area contributed by atoms with Gasteiger partial charge in [-0.2, -0.15) is 0 Å². The standard InChI is InChI=1S/C12H12N2O5/c1-18-7-3-4-8(9(5-7)19-2)14-11(16)6-10(15)13-12(14)17/h3-5H,6H2,1-2H3,(H,13,15,17). The lowest BCUT2D eigenvalue weighted by Crippen LogP contribution is -2.53. The predicted octanol–water partition coefficient (Wildman–Crippen LogP) is 0.677. The first-order valence-corrected chi connectivity index (χ1v) is 5.45. The Balaban J connectivity index is 2.43. The van der Waals surface area contributed by atoms with Crippen molar-refractivity contribution in [1.82, 2.24) is 5.32 Å². The minimum Gasteiger partial charge on any atom is -0.497 e. The summed E-state index contributed by atoms with van der Waals surface area (Å²) in [6.45, 7) is 0. The Kier molecular flexibility index (Phi) is 3.37. The first-order chi connectivity index (χ1) is 9.06. The quantitative estimate of drug-likeness (QED) is 0.811. The molecule has 7 heteroatoms. The number of methoxy groups -OCH3 is 2. The van der Waals surface area contributed by atoms with Gasteiger partial charge in [-0.05, 0) is 12.1 Å². The second kappa shape index (κ2) is 4.97. The van der Waals surface area contributed by atoms with Crippen molar-refractivity contribution in [3.05, 3.63) is 18.2 Å². The van der Waals surface area contributed by atoms with E-state index >= 15 is 0 Å². The van der Waals surface area contributed by atoms with E-state index in [1.54, 1.807) is 12.1 Å². The summed E-state index contributed by atoms with van der Waals surface area (Å²) in [5.41, 5.74) is 0.262. The normalized spacial score (nSPS) is 15.3. The van der Waals surface area contributed by atoms with Crippen molar-refractivity contribution >= 4 is 23.5 Å².